The van der Waals surface area contributed by atoms with Crippen molar-refractivity contribution in [2.24, 2.45) is 5.92 Å². The summed E-state index contributed by atoms with van der Waals surface area (Å²) in [5.41, 5.74) is 2.27. The van der Waals surface area contributed by atoms with Gasteiger partial charge in [0, 0.05) is 11.3 Å². The molecule has 118 valence electrons. The maximum absolute atomic E-state index is 5.54. The van der Waals surface area contributed by atoms with Crippen LogP contribution in [0.25, 0.3) is 0 Å². The van der Waals surface area contributed by atoms with Gasteiger partial charge in [-0.25, -0.2) is 0 Å². The monoisotopic (exact) mass is 299 g/mol. The first-order valence-corrected chi connectivity index (χ1v) is 7.73. The van der Waals surface area contributed by atoms with Crippen molar-refractivity contribution in [2.75, 3.05) is 19.5 Å². The van der Waals surface area contributed by atoms with Gasteiger partial charge in [0.25, 0.3) is 0 Å². The Morgan fingerprint density at radius 3 is 2.23 bits per heavy atom. The van der Waals surface area contributed by atoms with Crippen LogP contribution in [0, 0.1) is 5.92 Å². The molecule has 3 heteroatoms. The lowest BCUT2D eigenvalue weighted by atomic mass is 9.91. The zero-order valence-corrected chi connectivity index (χ0v) is 13.8. The van der Waals surface area contributed by atoms with Gasteiger partial charge in [-0.15, -0.1) is 0 Å². The van der Waals surface area contributed by atoms with Crippen molar-refractivity contribution in [3.05, 3.63) is 54.1 Å². The molecule has 0 bridgehead atoms. The van der Waals surface area contributed by atoms with Gasteiger partial charge in [-0.05, 0) is 36.2 Å². The molecule has 0 aliphatic carbocycles. The van der Waals surface area contributed by atoms with Crippen molar-refractivity contribution in [3.63, 3.8) is 0 Å². The Morgan fingerprint density at radius 1 is 0.955 bits per heavy atom. The molecule has 0 heterocycles. The molecule has 2 rings (SSSR count). The molecule has 0 spiro atoms. The number of hydrogen-bond donors (Lipinski definition) is 1. The second kappa shape index (κ2) is 7.74. The first-order valence-electron chi connectivity index (χ1n) is 7.73. The lowest BCUT2D eigenvalue weighted by molar-refractivity contribution is 0.394. The van der Waals surface area contributed by atoms with Gasteiger partial charge >= 0.3 is 0 Å². The molecule has 2 aromatic rings. The second-order valence-corrected chi connectivity index (χ2v) is 5.48. The van der Waals surface area contributed by atoms with E-state index in [2.05, 4.69) is 31.3 Å². The van der Waals surface area contributed by atoms with Crippen LogP contribution in [0.3, 0.4) is 0 Å². The number of methoxy groups -OCH3 is 2. The fourth-order valence-electron chi connectivity index (χ4n) is 2.55. The van der Waals surface area contributed by atoms with Crippen molar-refractivity contribution in [1.29, 1.82) is 0 Å². The Morgan fingerprint density at radius 2 is 1.64 bits per heavy atom. The van der Waals surface area contributed by atoms with Crippen molar-refractivity contribution >= 4 is 5.69 Å². The van der Waals surface area contributed by atoms with E-state index in [-0.39, 0.29) is 6.04 Å². The third-order valence-electron chi connectivity index (χ3n) is 4.10. The quantitative estimate of drug-likeness (QED) is 0.788. The summed E-state index contributed by atoms with van der Waals surface area (Å²) in [6, 6.07) is 16.4. The molecule has 0 aliphatic heterocycles. The summed E-state index contributed by atoms with van der Waals surface area (Å²) < 4.78 is 10.8. The highest BCUT2D eigenvalue weighted by Crippen LogP contribution is 2.34. The SMILES string of the molecule is CCC(C)C(Nc1ccc(OC)cc1)c1ccccc1OC. The molecule has 2 atom stereocenters. The van der Waals surface area contributed by atoms with E-state index < -0.39 is 0 Å². The normalized spacial score (nSPS) is 13.3. The van der Waals surface area contributed by atoms with Gasteiger partial charge in [0.1, 0.15) is 11.5 Å². The van der Waals surface area contributed by atoms with Crippen LogP contribution < -0.4 is 14.8 Å². The minimum atomic E-state index is 0.203. The molecular formula is C19H25NO2. The molecular weight excluding hydrogens is 274 g/mol. The minimum Gasteiger partial charge on any atom is -0.497 e. The summed E-state index contributed by atoms with van der Waals surface area (Å²) >= 11 is 0. The van der Waals surface area contributed by atoms with Crippen LogP contribution in [0.5, 0.6) is 11.5 Å². The lowest BCUT2D eigenvalue weighted by Crippen LogP contribution is -2.19. The van der Waals surface area contributed by atoms with Gasteiger partial charge in [-0.1, -0.05) is 38.5 Å². The van der Waals surface area contributed by atoms with E-state index in [0.717, 1.165) is 23.6 Å². The Labute approximate surface area is 133 Å². The highest BCUT2D eigenvalue weighted by atomic mass is 16.5. The Kier molecular flexibility index (Phi) is 5.70. The molecule has 0 radical (unpaired) electrons. The number of anilines is 1. The average Bonchev–Trinajstić information content (AvgIpc) is 2.59. The van der Waals surface area contributed by atoms with Crippen LogP contribution in [0.15, 0.2) is 48.5 Å². The van der Waals surface area contributed by atoms with Crippen molar-refractivity contribution in [3.8, 4) is 11.5 Å². The molecule has 0 amide bonds. The third kappa shape index (κ3) is 3.73. The van der Waals surface area contributed by atoms with Crippen molar-refractivity contribution in [2.45, 2.75) is 26.3 Å². The van der Waals surface area contributed by atoms with E-state index in [9.17, 15) is 0 Å². The Balaban J connectivity index is 2.29. The molecule has 22 heavy (non-hydrogen) atoms. The molecule has 3 nitrogen and oxygen atoms in total. The van der Waals surface area contributed by atoms with E-state index >= 15 is 0 Å². The maximum Gasteiger partial charge on any atom is 0.124 e. The number of rotatable bonds is 7. The smallest absolute Gasteiger partial charge is 0.124 e. The largest absolute Gasteiger partial charge is 0.497 e. The third-order valence-corrected chi connectivity index (χ3v) is 4.10. The van der Waals surface area contributed by atoms with Gasteiger partial charge in [0.05, 0.1) is 20.3 Å². The Bertz CT molecular complexity index is 580. The zero-order chi connectivity index (χ0) is 15.9. The zero-order valence-electron chi connectivity index (χ0n) is 13.8. The molecule has 2 unspecified atom stereocenters. The Hall–Kier alpha value is -2.16. The molecule has 0 saturated carbocycles. The van der Waals surface area contributed by atoms with E-state index in [1.54, 1.807) is 14.2 Å². The van der Waals surface area contributed by atoms with E-state index in [0.29, 0.717) is 5.92 Å². The van der Waals surface area contributed by atoms with Crippen LogP contribution in [0.2, 0.25) is 0 Å². The van der Waals surface area contributed by atoms with Gasteiger partial charge < -0.3 is 14.8 Å². The van der Waals surface area contributed by atoms with E-state index in [4.69, 9.17) is 9.47 Å². The van der Waals surface area contributed by atoms with Crippen LogP contribution >= 0.6 is 0 Å². The van der Waals surface area contributed by atoms with Crippen LogP contribution in [-0.4, -0.2) is 14.2 Å². The van der Waals surface area contributed by atoms with Crippen LogP contribution in [0.4, 0.5) is 5.69 Å². The molecule has 2 aromatic carbocycles. The van der Waals surface area contributed by atoms with Gasteiger partial charge in [-0.3, -0.25) is 0 Å². The van der Waals surface area contributed by atoms with Gasteiger partial charge in [0.15, 0.2) is 0 Å². The predicted octanol–water partition coefficient (Wildman–Crippen LogP) is 4.90. The standard InChI is InChI=1S/C19H25NO2/c1-5-14(2)19(17-8-6-7-9-18(17)22-4)20-15-10-12-16(21-3)13-11-15/h6-14,19-20H,5H2,1-4H3. The summed E-state index contributed by atoms with van der Waals surface area (Å²) in [7, 11) is 3.40. The number of para-hydroxylation sites is 1. The second-order valence-electron chi connectivity index (χ2n) is 5.48. The lowest BCUT2D eigenvalue weighted by Gasteiger charge is -2.27. The summed E-state index contributed by atoms with van der Waals surface area (Å²) in [5.74, 6) is 2.27. The van der Waals surface area contributed by atoms with Crippen LogP contribution in [0.1, 0.15) is 31.9 Å². The van der Waals surface area contributed by atoms with Crippen molar-refractivity contribution < 1.29 is 9.47 Å². The van der Waals surface area contributed by atoms with Gasteiger partial charge in [0.2, 0.25) is 0 Å². The van der Waals surface area contributed by atoms with Crippen molar-refractivity contribution in [1.82, 2.24) is 0 Å². The molecule has 0 saturated heterocycles. The summed E-state index contributed by atoms with van der Waals surface area (Å²) in [4.78, 5) is 0. The maximum atomic E-state index is 5.54. The fourth-order valence-corrected chi connectivity index (χ4v) is 2.55. The molecule has 0 aliphatic rings. The average molecular weight is 299 g/mol. The summed E-state index contributed by atoms with van der Waals surface area (Å²) in [6.07, 6.45) is 1.09. The number of benzene rings is 2. The molecule has 0 aromatic heterocycles. The first kappa shape index (κ1) is 16.2. The highest BCUT2D eigenvalue weighted by molar-refractivity contribution is 5.50. The molecule has 1 N–H and O–H groups in total. The van der Waals surface area contributed by atoms with Crippen LogP contribution in [-0.2, 0) is 0 Å². The first-order chi connectivity index (χ1) is 10.7. The number of ether oxygens (including phenoxy) is 2. The number of hydrogen-bond acceptors (Lipinski definition) is 3. The predicted molar refractivity (Wildman–Crippen MR) is 91.8 cm³/mol. The number of nitrogens with one attached hydrogen (secondary N) is 1. The summed E-state index contributed by atoms with van der Waals surface area (Å²) in [5, 5.41) is 3.64. The topological polar surface area (TPSA) is 30.5 Å². The van der Waals surface area contributed by atoms with E-state index in [1.807, 2.05) is 36.4 Å². The summed E-state index contributed by atoms with van der Waals surface area (Å²) in [6.45, 7) is 4.47. The fraction of sp³-hybridized carbons (Fsp3) is 0.368. The van der Waals surface area contributed by atoms with E-state index in [1.165, 1.54) is 5.56 Å². The minimum absolute atomic E-state index is 0.203. The molecule has 0 fully saturated rings. The van der Waals surface area contributed by atoms with Gasteiger partial charge in [-0.2, -0.15) is 0 Å². The highest BCUT2D eigenvalue weighted by Gasteiger charge is 2.21.